The topological polar surface area (TPSA) is 46.3 Å². The van der Waals surface area contributed by atoms with E-state index in [1.165, 1.54) is 0 Å². The molecule has 2 N–H and O–H groups in total. The molecule has 17 heavy (non-hydrogen) atoms. The van der Waals surface area contributed by atoms with Gasteiger partial charge in [0, 0.05) is 11.9 Å². The third kappa shape index (κ3) is 3.04. The predicted octanol–water partition coefficient (Wildman–Crippen LogP) is 2.41. The molecule has 3 nitrogen and oxygen atoms in total. The van der Waals surface area contributed by atoms with Crippen molar-refractivity contribution in [1.82, 2.24) is 4.90 Å². The zero-order valence-corrected chi connectivity index (χ0v) is 12.0. The summed E-state index contributed by atoms with van der Waals surface area (Å²) in [7, 11) is 1.79. The van der Waals surface area contributed by atoms with Crippen LogP contribution in [0, 0.1) is 5.41 Å². The van der Waals surface area contributed by atoms with Gasteiger partial charge in [-0.05, 0) is 24.8 Å². The summed E-state index contributed by atoms with van der Waals surface area (Å²) < 4.78 is 0. The zero-order chi connectivity index (χ0) is 13.1. The highest BCUT2D eigenvalue weighted by Crippen LogP contribution is 2.25. The maximum absolute atomic E-state index is 12.3. The number of hydrogen-bond acceptors (Lipinski definition) is 3. The van der Waals surface area contributed by atoms with Crippen LogP contribution in [-0.4, -0.2) is 22.8 Å². The molecule has 0 aliphatic carbocycles. The largest absolute Gasteiger partial charge is 0.392 e. The molecule has 0 bridgehead atoms. The first-order valence-corrected chi connectivity index (χ1v) is 6.78. The quantitative estimate of drug-likeness (QED) is 0.836. The fraction of sp³-hybridized carbons (Fsp3) is 0.500. The molecule has 0 fully saturated rings. The number of thiophene rings is 1. The van der Waals surface area contributed by atoms with Crippen LogP contribution in [0.25, 0.3) is 0 Å². The average molecular weight is 270 g/mol. The minimum atomic E-state index is -0.735. The van der Waals surface area contributed by atoms with E-state index in [0.29, 0.717) is 13.0 Å². The van der Waals surface area contributed by atoms with Crippen LogP contribution in [-0.2, 0) is 11.3 Å². The maximum Gasteiger partial charge on any atom is 0.235 e. The van der Waals surface area contributed by atoms with E-state index in [-0.39, 0.29) is 10.9 Å². The van der Waals surface area contributed by atoms with Crippen LogP contribution >= 0.6 is 23.6 Å². The second-order valence-corrected chi connectivity index (χ2v) is 5.76. The van der Waals surface area contributed by atoms with Gasteiger partial charge in [-0.3, -0.25) is 4.79 Å². The van der Waals surface area contributed by atoms with E-state index in [1.54, 1.807) is 23.3 Å². The minimum Gasteiger partial charge on any atom is -0.392 e. The highest BCUT2D eigenvalue weighted by atomic mass is 32.1. The van der Waals surface area contributed by atoms with Gasteiger partial charge in [0.25, 0.3) is 0 Å². The lowest BCUT2D eigenvalue weighted by Crippen LogP contribution is -2.46. The molecule has 0 spiro atoms. The van der Waals surface area contributed by atoms with E-state index < -0.39 is 5.41 Å². The molecule has 0 aliphatic heterocycles. The van der Waals surface area contributed by atoms with Gasteiger partial charge in [0.05, 0.1) is 16.9 Å². The Hall–Kier alpha value is -0.940. The lowest BCUT2D eigenvalue weighted by Gasteiger charge is -2.30. The molecule has 1 atom stereocenters. The molecule has 0 aliphatic rings. The smallest absolute Gasteiger partial charge is 0.235 e. The first kappa shape index (κ1) is 14.1. The van der Waals surface area contributed by atoms with Crippen molar-refractivity contribution in [2.75, 3.05) is 7.05 Å². The Morgan fingerprint density at radius 3 is 2.71 bits per heavy atom. The van der Waals surface area contributed by atoms with E-state index >= 15 is 0 Å². The van der Waals surface area contributed by atoms with E-state index in [1.807, 2.05) is 31.4 Å². The van der Waals surface area contributed by atoms with Crippen molar-refractivity contribution in [3.63, 3.8) is 0 Å². The Kier molecular flexibility index (Phi) is 4.65. The standard InChI is InChI=1S/C12H18N2OS2/c1-4-12(2,10(13)16)11(15)14(3)8-9-6-5-7-17-9/h5-7H,4,8H2,1-3H3,(H2,13,16). The SMILES string of the molecule is CCC(C)(C(=O)N(C)Cc1cccs1)C(N)=S. The summed E-state index contributed by atoms with van der Waals surface area (Å²) in [5.74, 6) is -0.0131. The summed E-state index contributed by atoms with van der Waals surface area (Å²) in [6, 6.07) is 3.99. The van der Waals surface area contributed by atoms with Gasteiger partial charge >= 0.3 is 0 Å². The van der Waals surface area contributed by atoms with Crippen molar-refractivity contribution < 1.29 is 4.79 Å². The highest BCUT2D eigenvalue weighted by Gasteiger charge is 2.36. The Morgan fingerprint density at radius 2 is 2.29 bits per heavy atom. The third-order valence-corrected chi connectivity index (χ3v) is 4.35. The van der Waals surface area contributed by atoms with Crippen molar-refractivity contribution in [3.8, 4) is 0 Å². The summed E-state index contributed by atoms with van der Waals surface area (Å²) in [5.41, 5.74) is 4.95. The number of nitrogens with two attached hydrogens (primary N) is 1. The molecule has 1 unspecified atom stereocenters. The third-order valence-electron chi connectivity index (χ3n) is 3.04. The summed E-state index contributed by atoms with van der Waals surface area (Å²) in [5, 5.41) is 2.00. The van der Waals surface area contributed by atoms with Crippen LogP contribution in [0.3, 0.4) is 0 Å². The molecule has 0 saturated carbocycles. The van der Waals surface area contributed by atoms with Gasteiger partial charge in [-0.2, -0.15) is 0 Å². The van der Waals surface area contributed by atoms with Crippen LogP contribution in [0.15, 0.2) is 17.5 Å². The molecule has 1 heterocycles. The number of thiocarbonyl (C=S) groups is 1. The second-order valence-electron chi connectivity index (χ2n) is 4.29. The van der Waals surface area contributed by atoms with Crippen molar-refractivity contribution in [1.29, 1.82) is 0 Å². The summed E-state index contributed by atoms with van der Waals surface area (Å²) >= 11 is 6.64. The van der Waals surface area contributed by atoms with Gasteiger partial charge in [-0.15, -0.1) is 11.3 Å². The van der Waals surface area contributed by atoms with Crippen molar-refractivity contribution in [2.45, 2.75) is 26.8 Å². The van der Waals surface area contributed by atoms with Gasteiger partial charge in [0.15, 0.2) is 0 Å². The predicted molar refractivity (Wildman–Crippen MR) is 76.0 cm³/mol. The number of nitrogens with zero attached hydrogens (tertiary/aromatic N) is 1. The highest BCUT2D eigenvalue weighted by molar-refractivity contribution is 7.80. The van der Waals surface area contributed by atoms with E-state index in [0.717, 1.165) is 4.88 Å². The number of hydrogen-bond donors (Lipinski definition) is 1. The molecule has 0 saturated heterocycles. The van der Waals surface area contributed by atoms with Crippen LogP contribution in [0.5, 0.6) is 0 Å². The Bertz CT molecular complexity index is 403. The number of carbonyl (C=O) groups excluding carboxylic acids is 1. The van der Waals surface area contributed by atoms with Crippen LogP contribution in [0.1, 0.15) is 25.1 Å². The number of carbonyl (C=O) groups is 1. The summed E-state index contributed by atoms with van der Waals surface area (Å²) in [6.07, 6.45) is 0.621. The molecular formula is C12H18N2OS2. The molecule has 1 aromatic heterocycles. The zero-order valence-electron chi connectivity index (χ0n) is 10.4. The fourth-order valence-corrected chi connectivity index (χ4v) is 2.55. The Balaban J connectivity index is 2.78. The first-order valence-electron chi connectivity index (χ1n) is 5.49. The average Bonchev–Trinajstić information content (AvgIpc) is 2.79. The molecule has 1 aromatic rings. The monoisotopic (exact) mass is 270 g/mol. The number of amides is 1. The molecule has 1 rings (SSSR count). The van der Waals surface area contributed by atoms with Crippen LogP contribution in [0.4, 0.5) is 0 Å². The Labute approximate surface area is 112 Å². The van der Waals surface area contributed by atoms with Crippen molar-refractivity contribution >= 4 is 34.5 Å². The van der Waals surface area contributed by atoms with Gasteiger partial charge < -0.3 is 10.6 Å². The molecule has 94 valence electrons. The molecule has 5 heteroatoms. The van der Waals surface area contributed by atoms with Gasteiger partial charge in [0.2, 0.25) is 5.91 Å². The molecule has 1 amide bonds. The Morgan fingerprint density at radius 1 is 1.65 bits per heavy atom. The maximum atomic E-state index is 12.3. The normalized spacial score (nSPS) is 14.1. The van der Waals surface area contributed by atoms with Gasteiger partial charge in [0.1, 0.15) is 0 Å². The van der Waals surface area contributed by atoms with Crippen LogP contribution in [0.2, 0.25) is 0 Å². The lowest BCUT2D eigenvalue weighted by atomic mass is 9.86. The molecule has 0 aromatic carbocycles. The number of rotatable bonds is 5. The van der Waals surface area contributed by atoms with E-state index in [2.05, 4.69) is 0 Å². The van der Waals surface area contributed by atoms with Gasteiger partial charge in [-0.1, -0.05) is 25.2 Å². The van der Waals surface area contributed by atoms with E-state index in [4.69, 9.17) is 18.0 Å². The fourth-order valence-electron chi connectivity index (χ4n) is 1.56. The summed E-state index contributed by atoms with van der Waals surface area (Å²) in [6.45, 7) is 4.34. The lowest BCUT2D eigenvalue weighted by molar-refractivity contribution is -0.136. The first-order chi connectivity index (χ1) is 7.91. The van der Waals surface area contributed by atoms with Crippen molar-refractivity contribution in [2.24, 2.45) is 11.1 Å². The van der Waals surface area contributed by atoms with Gasteiger partial charge in [-0.25, -0.2) is 0 Å². The molecular weight excluding hydrogens is 252 g/mol. The van der Waals surface area contributed by atoms with Crippen LogP contribution < -0.4 is 5.73 Å². The second kappa shape index (κ2) is 5.60. The van der Waals surface area contributed by atoms with Crippen molar-refractivity contribution in [3.05, 3.63) is 22.4 Å². The molecule has 0 radical (unpaired) electrons. The minimum absolute atomic E-state index is 0.0131. The summed E-state index contributed by atoms with van der Waals surface area (Å²) in [4.78, 5) is 15.4. The van der Waals surface area contributed by atoms with E-state index in [9.17, 15) is 4.79 Å².